The van der Waals surface area contributed by atoms with Gasteiger partial charge in [-0.15, -0.1) is 0 Å². The minimum atomic E-state index is -3.44. The Hall–Kier alpha value is -2.53. The van der Waals surface area contributed by atoms with E-state index in [0.717, 1.165) is 55.0 Å². The average Bonchev–Trinajstić information content (AvgIpc) is 3.30. The van der Waals surface area contributed by atoms with Crippen molar-refractivity contribution in [2.75, 3.05) is 57.2 Å². The molecule has 8 nitrogen and oxygen atoms in total. The van der Waals surface area contributed by atoms with Crippen molar-refractivity contribution in [1.29, 1.82) is 0 Å². The Morgan fingerprint density at radius 1 is 1.14 bits per heavy atom. The van der Waals surface area contributed by atoms with Gasteiger partial charge in [0.25, 0.3) is 0 Å². The molecule has 1 saturated heterocycles. The molecule has 0 bridgehead atoms. The van der Waals surface area contributed by atoms with E-state index in [9.17, 15) is 13.2 Å². The van der Waals surface area contributed by atoms with E-state index in [1.165, 1.54) is 11.3 Å². The number of morpholine rings is 1. The number of methoxy groups -OCH3 is 1. The lowest BCUT2D eigenvalue weighted by atomic mass is 10.2. The summed E-state index contributed by atoms with van der Waals surface area (Å²) in [7, 11) is -1.83. The fourth-order valence-corrected chi connectivity index (χ4v) is 6.45. The summed E-state index contributed by atoms with van der Waals surface area (Å²) in [5.41, 5.74) is 1.78. The van der Waals surface area contributed by atoms with Crippen LogP contribution in [0, 0.1) is 6.92 Å². The van der Waals surface area contributed by atoms with Crippen molar-refractivity contribution in [2.24, 2.45) is 0 Å². The lowest BCUT2D eigenvalue weighted by Gasteiger charge is -2.27. The van der Waals surface area contributed by atoms with E-state index in [2.05, 4.69) is 4.90 Å². The summed E-state index contributed by atoms with van der Waals surface area (Å²) in [4.78, 5) is 22.4. The number of nitrogens with zero attached hydrogens (tertiary/aromatic N) is 3. The third-order valence-electron chi connectivity index (χ3n) is 6.26. The maximum atomic E-state index is 13.3. The number of ether oxygens (including phenoxy) is 2. The molecule has 2 aromatic carbocycles. The second-order valence-corrected chi connectivity index (χ2v) is 12.0. The number of hydrogen-bond donors (Lipinski definition) is 0. The van der Waals surface area contributed by atoms with Crippen molar-refractivity contribution in [2.45, 2.75) is 31.1 Å². The molecule has 0 aliphatic carbocycles. The molecule has 0 saturated carbocycles. The van der Waals surface area contributed by atoms with Gasteiger partial charge in [-0.2, -0.15) is 0 Å². The molecule has 1 aromatic heterocycles. The number of anilines is 1. The summed E-state index contributed by atoms with van der Waals surface area (Å²) in [5.74, 6) is 0.536. The number of fused-ring (bicyclic) bond motifs is 1. The molecule has 0 N–H and O–H groups in total. The van der Waals surface area contributed by atoms with Gasteiger partial charge in [-0.05, 0) is 44.0 Å². The normalized spacial score (nSPS) is 14.7. The van der Waals surface area contributed by atoms with Crippen LogP contribution in [0.4, 0.5) is 5.13 Å². The van der Waals surface area contributed by atoms with E-state index in [-0.39, 0.29) is 24.5 Å². The van der Waals surface area contributed by atoms with Gasteiger partial charge in [0, 0.05) is 38.7 Å². The predicted molar refractivity (Wildman–Crippen MR) is 143 cm³/mol. The maximum Gasteiger partial charge on any atom is 0.228 e. The Bertz CT molecular complexity index is 1270. The molecule has 4 rings (SSSR count). The number of aromatic nitrogens is 1. The van der Waals surface area contributed by atoms with Gasteiger partial charge in [0.2, 0.25) is 5.91 Å². The molecule has 0 spiro atoms. The fourth-order valence-electron chi connectivity index (χ4n) is 4.15. The number of benzene rings is 2. The Balaban J connectivity index is 1.44. The van der Waals surface area contributed by atoms with Gasteiger partial charge in [0.05, 0.1) is 41.2 Å². The van der Waals surface area contributed by atoms with Crippen LogP contribution < -0.4 is 9.64 Å². The number of amides is 1. The van der Waals surface area contributed by atoms with Crippen molar-refractivity contribution < 1.29 is 22.7 Å². The zero-order valence-corrected chi connectivity index (χ0v) is 22.4. The molecular formula is C26H33N3O5S2. The minimum Gasteiger partial charge on any atom is -0.497 e. The summed E-state index contributed by atoms with van der Waals surface area (Å²) >= 11 is 1.46. The lowest BCUT2D eigenvalue weighted by Crippen LogP contribution is -2.39. The number of sulfone groups is 1. The van der Waals surface area contributed by atoms with Crippen LogP contribution in [0.2, 0.25) is 0 Å². The van der Waals surface area contributed by atoms with Crippen molar-refractivity contribution in [1.82, 2.24) is 9.88 Å². The van der Waals surface area contributed by atoms with Crippen LogP contribution >= 0.6 is 11.3 Å². The quantitative estimate of drug-likeness (QED) is 0.370. The number of carbonyl (C=O) groups is 1. The largest absolute Gasteiger partial charge is 0.497 e. The van der Waals surface area contributed by atoms with Gasteiger partial charge < -0.3 is 9.47 Å². The highest BCUT2D eigenvalue weighted by atomic mass is 32.2. The summed E-state index contributed by atoms with van der Waals surface area (Å²) in [5, 5.41) is 0.631. The lowest BCUT2D eigenvalue weighted by molar-refractivity contribution is -0.118. The van der Waals surface area contributed by atoms with Gasteiger partial charge in [0.15, 0.2) is 15.0 Å². The topological polar surface area (TPSA) is 89.0 Å². The van der Waals surface area contributed by atoms with E-state index in [1.54, 1.807) is 36.3 Å². The first-order valence-corrected chi connectivity index (χ1v) is 14.7. The van der Waals surface area contributed by atoms with E-state index in [0.29, 0.717) is 22.3 Å². The van der Waals surface area contributed by atoms with Crippen molar-refractivity contribution >= 4 is 42.4 Å². The highest BCUT2D eigenvalue weighted by Gasteiger charge is 2.22. The molecule has 1 fully saturated rings. The monoisotopic (exact) mass is 531 g/mol. The van der Waals surface area contributed by atoms with Crippen molar-refractivity contribution in [3.63, 3.8) is 0 Å². The van der Waals surface area contributed by atoms with Crippen LogP contribution in [0.3, 0.4) is 0 Å². The van der Waals surface area contributed by atoms with Gasteiger partial charge in [0.1, 0.15) is 5.75 Å². The van der Waals surface area contributed by atoms with Crippen molar-refractivity contribution in [3.05, 3.63) is 48.0 Å². The molecule has 1 aliphatic heterocycles. The number of rotatable bonds is 11. The molecule has 1 amide bonds. The highest BCUT2D eigenvalue weighted by Crippen LogP contribution is 2.32. The summed E-state index contributed by atoms with van der Waals surface area (Å²) in [6, 6.07) is 12.5. The van der Waals surface area contributed by atoms with E-state index >= 15 is 0 Å². The zero-order chi connectivity index (χ0) is 25.5. The molecule has 3 aromatic rings. The average molecular weight is 532 g/mol. The van der Waals surface area contributed by atoms with Crippen LogP contribution in [-0.4, -0.2) is 76.5 Å². The molecule has 0 radical (unpaired) electrons. The van der Waals surface area contributed by atoms with Crippen LogP contribution in [0.1, 0.15) is 24.8 Å². The van der Waals surface area contributed by atoms with Gasteiger partial charge in [-0.25, -0.2) is 13.4 Å². The summed E-state index contributed by atoms with van der Waals surface area (Å²) in [6.45, 7) is 6.57. The molecule has 194 valence electrons. The zero-order valence-electron chi connectivity index (χ0n) is 20.8. The van der Waals surface area contributed by atoms with E-state index in [1.807, 2.05) is 25.1 Å². The van der Waals surface area contributed by atoms with Crippen molar-refractivity contribution in [3.8, 4) is 5.75 Å². The Kier molecular flexibility index (Phi) is 8.95. The smallest absolute Gasteiger partial charge is 0.228 e. The first-order chi connectivity index (χ1) is 17.4. The molecule has 0 unspecified atom stereocenters. The molecule has 1 aliphatic rings. The molecule has 36 heavy (non-hydrogen) atoms. The van der Waals surface area contributed by atoms with E-state index in [4.69, 9.17) is 14.5 Å². The van der Waals surface area contributed by atoms with Gasteiger partial charge in [-0.1, -0.05) is 29.0 Å². The second-order valence-electron chi connectivity index (χ2n) is 8.92. The molecule has 10 heteroatoms. The number of carbonyl (C=O) groups excluding carboxylic acids is 1. The van der Waals surface area contributed by atoms with Crippen LogP contribution in [0.15, 0.2) is 47.4 Å². The van der Waals surface area contributed by atoms with Crippen LogP contribution in [-0.2, 0) is 19.4 Å². The Morgan fingerprint density at radius 3 is 2.61 bits per heavy atom. The number of hydrogen-bond acceptors (Lipinski definition) is 8. The molecule has 2 heterocycles. The second kappa shape index (κ2) is 12.1. The maximum absolute atomic E-state index is 13.3. The Morgan fingerprint density at radius 2 is 1.89 bits per heavy atom. The highest BCUT2D eigenvalue weighted by molar-refractivity contribution is 7.91. The molecule has 0 atom stereocenters. The third kappa shape index (κ3) is 6.82. The first kappa shape index (κ1) is 26.5. The predicted octanol–water partition coefficient (Wildman–Crippen LogP) is 3.92. The van der Waals surface area contributed by atoms with Gasteiger partial charge >= 0.3 is 0 Å². The minimum absolute atomic E-state index is 0.0690. The molecular weight excluding hydrogens is 498 g/mol. The third-order valence-corrected chi connectivity index (χ3v) is 9.13. The van der Waals surface area contributed by atoms with Crippen LogP contribution in [0.5, 0.6) is 5.75 Å². The fraction of sp³-hybridized carbons (Fsp3) is 0.462. The standard InChI is InChI=1S/C26H33N3O5S2/c1-20-6-9-22(10-7-20)36(31,32)18-3-5-25(30)29(13-4-12-28-14-16-34-17-15-28)26-27-23-19-21(33-2)8-11-24(23)35-26/h6-11,19H,3-5,12-18H2,1-2H3. The van der Waals surface area contributed by atoms with Crippen LogP contribution in [0.25, 0.3) is 10.2 Å². The first-order valence-electron chi connectivity index (χ1n) is 12.2. The summed E-state index contributed by atoms with van der Waals surface area (Å²) in [6.07, 6.45) is 1.20. The number of thiazole rings is 1. The van der Waals surface area contributed by atoms with Gasteiger partial charge in [-0.3, -0.25) is 14.6 Å². The summed E-state index contributed by atoms with van der Waals surface area (Å²) < 4.78 is 37.2. The Labute approximate surface area is 216 Å². The SMILES string of the molecule is COc1ccc2sc(N(CCCN3CCOCC3)C(=O)CCCS(=O)(=O)c3ccc(C)cc3)nc2c1. The van der Waals surface area contributed by atoms with E-state index < -0.39 is 9.84 Å². The number of aryl methyl sites for hydroxylation is 1.